The molecule has 0 aliphatic rings. The van der Waals surface area contributed by atoms with Gasteiger partial charge in [0.15, 0.2) is 0 Å². The van der Waals surface area contributed by atoms with Crippen LogP contribution in [0, 0.1) is 6.92 Å². The van der Waals surface area contributed by atoms with Crippen LogP contribution in [0.2, 0.25) is 5.15 Å². The molecule has 5 nitrogen and oxygen atoms in total. The van der Waals surface area contributed by atoms with Crippen molar-refractivity contribution < 1.29 is 8.42 Å². The third-order valence-electron chi connectivity index (χ3n) is 3.30. The monoisotopic (exact) mass is 327 g/mol. The van der Waals surface area contributed by atoms with Gasteiger partial charge in [-0.15, -0.1) is 0 Å². The van der Waals surface area contributed by atoms with Gasteiger partial charge < -0.3 is 5.32 Å². The first-order valence-electron chi connectivity index (χ1n) is 6.54. The molecule has 7 heteroatoms. The van der Waals surface area contributed by atoms with Crippen LogP contribution in [0.3, 0.4) is 0 Å². The van der Waals surface area contributed by atoms with Crippen molar-refractivity contribution in [1.29, 1.82) is 0 Å². The van der Waals surface area contributed by atoms with Gasteiger partial charge in [-0.3, -0.25) is 0 Å². The number of aryl methyl sites for hydroxylation is 1. The zero-order valence-electron chi connectivity index (χ0n) is 12.2. The molecule has 0 saturated heterocycles. The molecule has 0 bridgehead atoms. The standard InChI is InChI=1S/C14H18ClN3O2S/c1-10-9-11-5-4-6-12(13(11)17-14(10)15)21(19,20)18(3)8-7-16-2/h4-6,9,16H,7-8H2,1-3H3. The molecule has 2 rings (SSSR count). The number of sulfonamides is 1. The van der Waals surface area contributed by atoms with Gasteiger partial charge in [-0.2, -0.15) is 4.31 Å². The van der Waals surface area contributed by atoms with Crippen LogP contribution in [0.15, 0.2) is 29.2 Å². The van der Waals surface area contributed by atoms with E-state index in [9.17, 15) is 8.42 Å². The second kappa shape index (κ2) is 6.27. The SMILES string of the molecule is CNCCN(C)S(=O)(=O)c1cccc2cc(C)c(Cl)nc12. The summed E-state index contributed by atoms with van der Waals surface area (Å²) >= 11 is 6.04. The van der Waals surface area contributed by atoms with Gasteiger partial charge in [0.25, 0.3) is 0 Å². The van der Waals surface area contributed by atoms with Crippen LogP contribution in [0.4, 0.5) is 0 Å². The molecule has 0 fully saturated rings. The number of hydrogen-bond acceptors (Lipinski definition) is 4. The molecule has 0 saturated carbocycles. The first-order valence-corrected chi connectivity index (χ1v) is 8.36. The Bertz CT molecular complexity index is 762. The third-order valence-corrected chi connectivity index (χ3v) is 5.57. The molecule has 0 radical (unpaired) electrons. The number of halogens is 1. The molecule has 0 aliphatic carbocycles. The van der Waals surface area contributed by atoms with Crippen molar-refractivity contribution in [3.8, 4) is 0 Å². The summed E-state index contributed by atoms with van der Waals surface area (Å²) in [7, 11) is -0.258. The van der Waals surface area contributed by atoms with Crippen molar-refractivity contribution in [3.05, 3.63) is 35.0 Å². The maximum absolute atomic E-state index is 12.7. The number of fused-ring (bicyclic) bond motifs is 1. The zero-order valence-corrected chi connectivity index (χ0v) is 13.8. The molecule has 1 aromatic carbocycles. The molecule has 1 N–H and O–H groups in total. The van der Waals surface area contributed by atoms with Gasteiger partial charge in [-0.1, -0.05) is 23.7 Å². The van der Waals surface area contributed by atoms with Gasteiger partial charge in [-0.25, -0.2) is 13.4 Å². The largest absolute Gasteiger partial charge is 0.318 e. The number of nitrogens with one attached hydrogen (secondary N) is 1. The first kappa shape index (κ1) is 16.2. The zero-order chi connectivity index (χ0) is 15.6. The maximum Gasteiger partial charge on any atom is 0.245 e. The van der Waals surface area contributed by atoms with E-state index in [1.807, 2.05) is 19.1 Å². The minimum Gasteiger partial charge on any atom is -0.318 e. The van der Waals surface area contributed by atoms with E-state index < -0.39 is 10.0 Å². The summed E-state index contributed by atoms with van der Waals surface area (Å²) in [5.74, 6) is 0. The van der Waals surface area contributed by atoms with Crippen molar-refractivity contribution in [2.75, 3.05) is 27.2 Å². The molecule has 1 heterocycles. The van der Waals surface area contributed by atoms with Gasteiger partial charge in [0.1, 0.15) is 10.0 Å². The van der Waals surface area contributed by atoms with Gasteiger partial charge in [0.2, 0.25) is 10.0 Å². The number of aromatic nitrogens is 1. The van der Waals surface area contributed by atoms with E-state index in [0.717, 1.165) is 10.9 Å². The van der Waals surface area contributed by atoms with E-state index in [-0.39, 0.29) is 4.90 Å². The van der Waals surface area contributed by atoms with Crippen LogP contribution < -0.4 is 5.32 Å². The molecule has 0 unspecified atom stereocenters. The van der Waals surface area contributed by atoms with Gasteiger partial charge >= 0.3 is 0 Å². The molecule has 0 amide bonds. The van der Waals surface area contributed by atoms with Crippen molar-refractivity contribution in [2.24, 2.45) is 0 Å². The van der Waals surface area contributed by atoms with Gasteiger partial charge in [0, 0.05) is 25.5 Å². The van der Waals surface area contributed by atoms with E-state index in [0.29, 0.717) is 23.8 Å². The van der Waals surface area contributed by atoms with E-state index in [2.05, 4.69) is 10.3 Å². The van der Waals surface area contributed by atoms with Crippen LogP contribution in [0.5, 0.6) is 0 Å². The summed E-state index contributed by atoms with van der Waals surface area (Å²) in [4.78, 5) is 4.43. The van der Waals surface area contributed by atoms with E-state index in [1.54, 1.807) is 26.2 Å². The molecule has 1 aromatic heterocycles. The Morgan fingerprint density at radius 3 is 2.76 bits per heavy atom. The smallest absolute Gasteiger partial charge is 0.245 e. The predicted octanol–water partition coefficient (Wildman–Crippen LogP) is 2.04. The Hall–Kier alpha value is -1.21. The summed E-state index contributed by atoms with van der Waals surface area (Å²) in [5, 5.41) is 4.02. The molecular formula is C14H18ClN3O2S. The fraction of sp³-hybridized carbons (Fsp3) is 0.357. The first-order chi connectivity index (χ1) is 9.87. The highest BCUT2D eigenvalue weighted by Crippen LogP contribution is 2.26. The summed E-state index contributed by atoms with van der Waals surface area (Å²) < 4.78 is 26.6. The summed E-state index contributed by atoms with van der Waals surface area (Å²) in [6.07, 6.45) is 0. The van der Waals surface area contributed by atoms with Crippen LogP contribution in [-0.4, -0.2) is 44.9 Å². The lowest BCUT2D eigenvalue weighted by atomic mass is 10.2. The van der Waals surface area contributed by atoms with E-state index in [1.165, 1.54) is 4.31 Å². The second-order valence-electron chi connectivity index (χ2n) is 4.85. The number of hydrogen-bond donors (Lipinski definition) is 1. The maximum atomic E-state index is 12.7. The highest BCUT2D eigenvalue weighted by molar-refractivity contribution is 7.89. The number of benzene rings is 1. The summed E-state index contributed by atoms with van der Waals surface area (Å²) in [6.45, 7) is 2.80. The van der Waals surface area contributed by atoms with E-state index in [4.69, 9.17) is 11.6 Å². The molecule has 2 aromatic rings. The van der Waals surface area contributed by atoms with Crippen molar-refractivity contribution >= 4 is 32.5 Å². The van der Waals surface area contributed by atoms with Crippen molar-refractivity contribution in [3.63, 3.8) is 0 Å². The predicted molar refractivity (Wildman–Crippen MR) is 85.2 cm³/mol. The number of likely N-dealkylation sites (N-methyl/N-ethyl adjacent to an activating group) is 2. The molecule has 0 aliphatic heterocycles. The Balaban J connectivity index is 2.58. The topological polar surface area (TPSA) is 62.3 Å². The Kier molecular flexibility index (Phi) is 4.83. The molecule has 21 heavy (non-hydrogen) atoms. The number of nitrogens with zero attached hydrogens (tertiary/aromatic N) is 2. The molecule has 0 spiro atoms. The quantitative estimate of drug-likeness (QED) is 0.854. The average molecular weight is 328 g/mol. The van der Waals surface area contributed by atoms with E-state index >= 15 is 0 Å². The Morgan fingerprint density at radius 2 is 2.10 bits per heavy atom. The van der Waals surface area contributed by atoms with Gasteiger partial charge in [-0.05, 0) is 31.7 Å². The number of para-hydroxylation sites is 1. The second-order valence-corrected chi connectivity index (χ2v) is 7.23. The highest BCUT2D eigenvalue weighted by Gasteiger charge is 2.23. The lowest BCUT2D eigenvalue weighted by Crippen LogP contribution is -2.33. The molecule has 0 atom stereocenters. The van der Waals surface area contributed by atoms with Crippen molar-refractivity contribution in [2.45, 2.75) is 11.8 Å². The van der Waals surface area contributed by atoms with Crippen LogP contribution in [0.1, 0.15) is 5.56 Å². The Morgan fingerprint density at radius 1 is 1.38 bits per heavy atom. The summed E-state index contributed by atoms with van der Waals surface area (Å²) in [5.41, 5.74) is 1.23. The third kappa shape index (κ3) is 3.18. The Labute approximate surface area is 130 Å². The minimum absolute atomic E-state index is 0.181. The molecule has 114 valence electrons. The lowest BCUT2D eigenvalue weighted by molar-refractivity contribution is 0.466. The van der Waals surface area contributed by atoms with Crippen LogP contribution in [-0.2, 0) is 10.0 Å². The van der Waals surface area contributed by atoms with Crippen LogP contribution >= 0.6 is 11.6 Å². The highest BCUT2D eigenvalue weighted by atomic mass is 35.5. The van der Waals surface area contributed by atoms with Crippen molar-refractivity contribution in [1.82, 2.24) is 14.6 Å². The fourth-order valence-corrected chi connectivity index (χ4v) is 3.48. The fourth-order valence-electron chi connectivity index (χ4n) is 2.02. The minimum atomic E-state index is -3.60. The average Bonchev–Trinajstić information content (AvgIpc) is 2.45. The lowest BCUT2D eigenvalue weighted by Gasteiger charge is -2.18. The van der Waals surface area contributed by atoms with Crippen LogP contribution in [0.25, 0.3) is 10.9 Å². The number of pyridine rings is 1. The van der Waals surface area contributed by atoms with Gasteiger partial charge in [0.05, 0.1) is 5.52 Å². The molecular weight excluding hydrogens is 310 g/mol. The summed E-state index contributed by atoms with van der Waals surface area (Å²) in [6, 6.07) is 6.96. The number of rotatable bonds is 5. The normalized spacial score (nSPS) is 12.2.